The zero-order valence-corrected chi connectivity index (χ0v) is 16.6. The maximum Gasteiger partial charge on any atom is 0.192 e. The molecule has 3 nitrogen and oxygen atoms in total. The Bertz CT molecular complexity index is 413. The number of aliphatic hydroxyl groups excluding tert-OH is 1. The van der Waals surface area contributed by atoms with Gasteiger partial charge < -0.3 is 14.6 Å². The van der Waals surface area contributed by atoms with Gasteiger partial charge in [-0.05, 0) is 68.5 Å². The predicted molar refractivity (Wildman–Crippen MR) is 93.4 cm³/mol. The summed E-state index contributed by atoms with van der Waals surface area (Å²) in [7, 11) is -1.82. The van der Waals surface area contributed by atoms with Gasteiger partial charge in [-0.15, -0.1) is 0 Å². The molecule has 22 heavy (non-hydrogen) atoms. The highest BCUT2D eigenvalue weighted by molar-refractivity contribution is 6.74. The van der Waals surface area contributed by atoms with E-state index in [1.807, 2.05) is 6.92 Å². The summed E-state index contributed by atoms with van der Waals surface area (Å²) < 4.78 is 6.79. The summed E-state index contributed by atoms with van der Waals surface area (Å²) in [4.78, 5) is 0. The van der Waals surface area contributed by atoms with E-state index in [2.05, 4.69) is 40.8 Å². The van der Waals surface area contributed by atoms with Crippen LogP contribution in [0.15, 0.2) is 0 Å². The van der Waals surface area contributed by atoms with Crippen LogP contribution >= 0.6 is 0 Å². The predicted octanol–water partition coefficient (Wildman–Crippen LogP) is 4.09. The second-order valence-electron chi connectivity index (χ2n) is 9.75. The summed E-state index contributed by atoms with van der Waals surface area (Å²) in [5.74, 6) is 0.132. The van der Waals surface area contributed by atoms with Crippen LogP contribution in [0.3, 0.4) is 0 Å². The molecule has 0 aromatic carbocycles. The zero-order valence-electron chi connectivity index (χ0n) is 15.6. The summed E-state index contributed by atoms with van der Waals surface area (Å²) in [6, 6.07) is 0. The molecule has 130 valence electrons. The van der Waals surface area contributed by atoms with E-state index in [1.165, 1.54) is 0 Å². The van der Waals surface area contributed by atoms with Crippen molar-refractivity contribution in [3.05, 3.63) is 0 Å². The van der Waals surface area contributed by atoms with Crippen LogP contribution in [0.4, 0.5) is 0 Å². The Balaban J connectivity index is 2.27. The molecule has 0 aromatic rings. The number of rotatable bonds is 2. The smallest absolute Gasteiger partial charge is 0.192 e. The Morgan fingerprint density at radius 3 is 2.23 bits per heavy atom. The van der Waals surface area contributed by atoms with Gasteiger partial charge in [0, 0.05) is 0 Å². The molecule has 0 radical (unpaired) electrons. The second kappa shape index (κ2) is 5.57. The minimum absolute atomic E-state index is 0.0174. The van der Waals surface area contributed by atoms with E-state index in [0.717, 1.165) is 25.7 Å². The highest BCUT2D eigenvalue weighted by Crippen LogP contribution is 2.56. The summed E-state index contributed by atoms with van der Waals surface area (Å²) >= 11 is 0. The van der Waals surface area contributed by atoms with Crippen LogP contribution in [0.1, 0.15) is 66.7 Å². The summed E-state index contributed by atoms with van der Waals surface area (Å²) in [5.41, 5.74) is -0.695. The normalized spacial score (nSPS) is 43.8. The lowest BCUT2D eigenvalue weighted by atomic mass is 9.53. The molecule has 0 spiro atoms. The lowest BCUT2D eigenvalue weighted by Gasteiger charge is -2.58. The molecular formula is C18H36O3Si. The molecule has 4 heteroatoms. The van der Waals surface area contributed by atoms with Gasteiger partial charge in [0.2, 0.25) is 0 Å². The van der Waals surface area contributed by atoms with Gasteiger partial charge in [0.05, 0.1) is 17.8 Å². The first kappa shape index (κ1) is 18.4. The minimum Gasteiger partial charge on any atom is -0.413 e. The maximum atomic E-state index is 10.9. The third kappa shape index (κ3) is 3.17. The van der Waals surface area contributed by atoms with Crippen LogP contribution in [0.25, 0.3) is 0 Å². The van der Waals surface area contributed by atoms with Crippen LogP contribution in [0.5, 0.6) is 0 Å². The van der Waals surface area contributed by atoms with Gasteiger partial charge in [0.15, 0.2) is 8.32 Å². The Morgan fingerprint density at radius 2 is 1.68 bits per heavy atom. The van der Waals surface area contributed by atoms with Crippen LogP contribution in [0.2, 0.25) is 18.1 Å². The van der Waals surface area contributed by atoms with Crippen molar-refractivity contribution >= 4 is 8.32 Å². The molecule has 2 fully saturated rings. The van der Waals surface area contributed by atoms with E-state index in [1.54, 1.807) is 0 Å². The SMILES string of the molecule is CC(C)(C)[Si](C)(C)O[C@H]1CC[C@](C)(O)[C@H]2C[C@H](O)CC[C@]12C. The van der Waals surface area contributed by atoms with Gasteiger partial charge >= 0.3 is 0 Å². The van der Waals surface area contributed by atoms with Crippen molar-refractivity contribution in [1.29, 1.82) is 0 Å². The van der Waals surface area contributed by atoms with Crippen LogP contribution in [0, 0.1) is 11.3 Å². The van der Waals surface area contributed by atoms with Crippen LogP contribution in [-0.4, -0.2) is 36.3 Å². The highest BCUT2D eigenvalue weighted by atomic mass is 28.4. The molecule has 2 aliphatic rings. The fourth-order valence-corrected chi connectivity index (χ4v) is 5.77. The quantitative estimate of drug-likeness (QED) is 0.751. The van der Waals surface area contributed by atoms with E-state index in [-0.39, 0.29) is 28.6 Å². The first-order chi connectivity index (χ1) is 9.80. The van der Waals surface area contributed by atoms with Gasteiger partial charge in [0.1, 0.15) is 0 Å². The molecular weight excluding hydrogens is 292 g/mol. The Kier molecular flexibility index (Phi) is 4.67. The molecule has 0 saturated heterocycles. The third-order valence-electron chi connectivity index (χ3n) is 6.96. The van der Waals surface area contributed by atoms with E-state index < -0.39 is 13.9 Å². The first-order valence-electron chi connectivity index (χ1n) is 8.88. The van der Waals surface area contributed by atoms with Crippen molar-refractivity contribution in [3.63, 3.8) is 0 Å². The molecule has 0 bridgehead atoms. The number of hydrogen-bond donors (Lipinski definition) is 2. The minimum atomic E-state index is -1.82. The second-order valence-corrected chi connectivity index (χ2v) is 14.5. The molecule has 5 atom stereocenters. The Morgan fingerprint density at radius 1 is 1.09 bits per heavy atom. The lowest BCUT2D eigenvalue weighted by molar-refractivity contribution is -0.177. The Labute approximate surface area is 137 Å². The summed E-state index contributed by atoms with van der Waals surface area (Å²) in [5, 5.41) is 21.2. The van der Waals surface area contributed by atoms with Crippen molar-refractivity contribution < 1.29 is 14.6 Å². The van der Waals surface area contributed by atoms with Crippen molar-refractivity contribution in [2.75, 3.05) is 0 Å². The molecule has 0 unspecified atom stereocenters. The standard InChI is InChI=1S/C18H36O3Si/c1-16(2,3)22(6,7)21-15-9-11-18(5,20)14-12-13(19)8-10-17(14,15)4/h13-15,19-20H,8-12H2,1-7H3/t13-,14+,15+,17+,18+/m1/s1. The number of hydrogen-bond acceptors (Lipinski definition) is 3. The number of aliphatic hydroxyl groups is 2. The largest absolute Gasteiger partial charge is 0.413 e. The van der Waals surface area contributed by atoms with Gasteiger partial charge in [-0.25, -0.2) is 0 Å². The van der Waals surface area contributed by atoms with Gasteiger partial charge in [0.25, 0.3) is 0 Å². The fraction of sp³-hybridized carbons (Fsp3) is 1.00. The van der Waals surface area contributed by atoms with Crippen molar-refractivity contribution in [2.24, 2.45) is 11.3 Å². The lowest BCUT2D eigenvalue weighted by Crippen LogP contribution is -2.61. The molecule has 0 heterocycles. The van der Waals surface area contributed by atoms with Crippen molar-refractivity contribution in [3.8, 4) is 0 Å². The van der Waals surface area contributed by atoms with Crippen LogP contribution < -0.4 is 0 Å². The molecule has 2 N–H and O–H groups in total. The van der Waals surface area contributed by atoms with Gasteiger partial charge in [-0.2, -0.15) is 0 Å². The molecule has 0 aromatic heterocycles. The zero-order chi connectivity index (χ0) is 17.0. The molecule has 0 aliphatic heterocycles. The maximum absolute atomic E-state index is 10.9. The van der Waals surface area contributed by atoms with E-state index in [9.17, 15) is 10.2 Å². The van der Waals surface area contributed by atoms with Crippen molar-refractivity contribution in [2.45, 2.75) is 103 Å². The van der Waals surface area contributed by atoms with Crippen LogP contribution in [-0.2, 0) is 4.43 Å². The Hall–Kier alpha value is 0.0969. The fourth-order valence-electron chi connectivity index (χ4n) is 4.31. The van der Waals surface area contributed by atoms with Crippen molar-refractivity contribution in [1.82, 2.24) is 0 Å². The first-order valence-corrected chi connectivity index (χ1v) is 11.8. The van der Waals surface area contributed by atoms with Gasteiger partial charge in [-0.1, -0.05) is 27.7 Å². The average Bonchev–Trinajstić information content (AvgIpc) is 2.34. The topological polar surface area (TPSA) is 49.7 Å². The van der Waals surface area contributed by atoms with E-state index in [0.29, 0.717) is 6.42 Å². The third-order valence-corrected chi connectivity index (χ3v) is 11.4. The monoisotopic (exact) mass is 328 g/mol. The summed E-state index contributed by atoms with van der Waals surface area (Å²) in [6.45, 7) is 15.7. The van der Waals surface area contributed by atoms with Gasteiger partial charge in [-0.3, -0.25) is 0 Å². The van der Waals surface area contributed by atoms with E-state index in [4.69, 9.17) is 4.43 Å². The number of fused-ring (bicyclic) bond motifs is 1. The molecule has 2 saturated carbocycles. The van der Waals surface area contributed by atoms with E-state index >= 15 is 0 Å². The molecule has 2 rings (SSSR count). The highest BCUT2D eigenvalue weighted by Gasteiger charge is 2.57. The molecule has 2 aliphatic carbocycles. The average molecular weight is 329 g/mol. The summed E-state index contributed by atoms with van der Waals surface area (Å²) in [6.07, 6.45) is 4.15. The molecule has 0 amide bonds.